The molecule has 0 aliphatic heterocycles. The number of nitro groups is 1. The molecule has 0 saturated heterocycles. The molecule has 1 aromatic heterocycles. The fourth-order valence-electron chi connectivity index (χ4n) is 2.29. The minimum absolute atomic E-state index is 0.133. The van der Waals surface area contributed by atoms with Crippen molar-refractivity contribution in [2.75, 3.05) is 0 Å². The van der Waals surface area contributed by atoms with Crippen LogP contribution in [0.25, 0.3) is 21.8 Å². The molecule has 0 atom stereocenters. The number of aryl methyl sites for hydroxylation is 1. The number of rotatable bonds is 1. The summed E-state index contributed by atoms with van der Waals surface area (Å²) >= 11 is 2.25. The van der Waals surface area contributed by atoms with Crippen LogP contribution in [-0.2, 0) is 7.05 Å². The molecular formula is C13H9IN2O2. The van der Waals surface area contributed by atoms with E-state index >= 15 is 0 Å². The van der Waals surface area contributed by atoms with Gasteiger partial charge in [-0.05, 0) is 46.9 Å². The lowest BCUT2D eigenvalue weighted by Gasteiger charge is -1.97. The third kappa shape index (κ3) is 1.58. The van der Waals surface area contributed by atoms with Crippen molar-refractivity contribution in [1.29, 1.82) is 0 Å². The molecule has 2 aromatic carbocycles. The van der Waals surface area contributed by atoms with Gasteiger partial charge in [-0.15, -0.1) is 0 Å². The summed E-state index contributed by atoms with van der Waals surface area (Å²) < 4.78 is 3.18. The van der Waals surface area contributed by atoms with E-state index in [0.717, 1.165) is 25.4 Å². The summed E-state index contributed by atoms with van der Waals surface area (Å²) in [4.78, 5) is 10.5. The Bertz CT molecular complexity index is 792. The van der Waals surface area contributed by atoms with Crippen molar-refractivity contribution in [3.8, 4) is 0 Å². The number of non-ortho nitro benzene ring substituents is 1. The van der Waals surface area contributed by atoms with Gasteiger partial charge in [0.05, 0.1) is 4.92 Å². The summed E-state index contributed by atoms with van der Waals surface area (Å²) in [7, 11) is 1.98. The molecule has 1 heterocycles. The third-order valence-electron chi connectivity index (χ3n) is 3.16. The maximum Gasteiger partial charge on any atom is 0.270 e. The largest absolute Gasteiger partial charge is 0.344 e. The highest BCUT2D eigenvalue weighted by Crippen LogP contribution is 2.31. The van der Waals surface area contributed by atoms with Crippen LogP contribution >= 0.6 is 22.6 Å². The summed E-state index contributed by atoms with van der Waals surface area (Å²) in [5.41, 5.74) is 2.23. The van der Waals surface area contributed by atoms with Crippen LogP contribution in [0.15, 0.2) is 36.4 Å². The lowest BCUT2D eigenvalue weighted by molar-refractivity contribution is -0.384. The highest BCUT2D eigenvalue weighted by Gasteiger charge is 2.12. The number of nitro benzene ring substituents is 1. The number of hydrogen-bond acceptors (Lipinski definition) is 2. The average Bonchev–Trinajstić information content (AvgIpc) is 2.62. The lowest BCUT2D eigenvalue weighted by atomic mass is 10.1. The van der Waals surface area contributed by atoms with E-state index in [1.54, 1.807) is 18.2 Å². The van der Waals surface area contributed by atoms with Gasteiger partial charge in [0.25, 0.3) is 5.69 Å². The Balaban J connectivity index is 2.50. The van der Waals surface area contributed by atoms with Crippen LogP contribution in [0.2, 0.25) is 0 Å². The average molecular weight is 352 g/mol. The van der Waals surface area contributed by atoms with Gasteiger partial charge in [-0.2, -0.15) is 0 Å². The molecule has 90 valence electrons. The second-order valence-corrected chi connectivity index (χ2v) is 5.42. The molecule has 0 N–H and O–H groups in total. The van der Waals surface area contributed by atoms with Crippen LogP contribution in [0.3, 0.4) is 0 Å². The molecule has 5 heteroatoms. The SMILES string of the molecule is Cn1c2ccc(I)cc2c2cc([N+](=O)[O-])ccc21. The molecule has 0 saturated carbocycles. The van der Waals surface area contributed by atoms with Gasteiger partial charge in [0.1, 0.15) is 0 Å². The first-order valence-corrected chi connectivity index (χ1v) is 6.48. The Labute approximate surface area is 116 Å². The van der Waals surface area contributed by atoms with Crippen LogP contribution in [-0.4, -0.2) is 9.49 Å². The molecule has 0 bridgehead atoms. The van der Waals surface area contributed by atoms with E-state index < -0.39 is 0 Å². The highest BCUT2D eigenvalue weighted by atomic mass is 127. The molecule has 3 rings (SSSR count). The van der Waals surface area contributed by atoms with E-state index in [0.29, 0.717) is 0 Å². The predicted molar refractivity (Wildman–Crippen MR) is 79.8 cm³/mol. The normalized spacial score (nSPS) is 11.2. The van der Waals surface area contributed by atoms with Crippen molar-refractivity contribution in [3.05, 3.63) is 50.1 Å². The van der Waals surface area contributed by atoms with E-state index in [1.807, 2.05) is 19.2 Å². The molecule has 0 radical (unpaired) electrons. The van der Waals surface area contributed by atoms with Crippen LogP contribution < -0.4 is 0 Å². The smallest absolute Gasteiger partial charge is 0.270 e. The molecule has 0 aliphatic carbocycles. The summed E-state index contributed by atoms with van der Waals surface area (Å²) in [5.74, 6) is 0. The molecule has 0 amide bonds. The zero-order chi connectivity index (χ0) is 12.9. The number of nitrogens with zero attached hydrogens (tertiary/aromatic N) is 2. The van der Waals surface area contributed by atoms with E-state index in [9.17, 15) is 10.1 Å². The van der Waals surface area contributed by atoms with Gasteiger partial charge < -0.3 is 4.57 Å². The van der Waals surface area contributed by atoms with Gasteiger partial charge in [0.2, 0.25) is 0 Å². The summed E-state index contributed by atoms with van der Waals surface area (Å²) in [6, 6.07) is 11.1. The van der Waals surface area contributed by atoms with Gasteiger partial charge >= 0.3 is 0 Å². The molecule has 18 heavy (non-hydrogen) atoms. The highest BCUT2D eigenvalue weighted by molar-refractivity contribution is 14.1. The first kappa shape index (κ1) is 11.5. The minimum atomic E-state index is -0.355. The third-order valence-corrected chi connectivity index (χ3v) is 3.83. The van der Waals surface area contributed by atoms with Gasteiger partial charge in [0.15, 0.2) is 0 Å². The first-order chi connectivity index (χ1) is 8.58. The van der Waals surface area contributed by atoms with E-state index in [-0.39, 0.29) is 10.6 Å². The molecule has 0 unspecified atom stereocenters. The summed E-state index contributed by atoms with van der Waals surface area (Å²) in [5, 5.41) is 12.8. The Morgan fingerprint density at radius 2 is 1.72 bits per heavy atom. The van der Waals surface area contributed by atoms with Crippen molar-refractivity contribution in [1.82, 2.24) is 4.57 Å². The zero-order valence-corrected chi connectivity index (χ0v) is 11.7. The van der Waals surface area contributed by atoms with Crippen LogP contribution in [0, 0.1) is 13.7 Å². The predicted octanol–water partition coefficient (Wildman–Crippen LogP) is 3.84. The Morgan fingerprint density at radius 1 is 1.11 bits per heavy atom. The van der Waals surface area contributed by atoms with Crippen molar-refractivity contribution < 1.29 is 4.92 Å². The molecule has 0 aliphatic rings. The second-order valence-electron chi connectivity index (χ2n) is 4.18. The van der Waals surface area contributed by atoms with E-state index in [1.165, 1.54) is 0 Å². The molecule has 4 nitrogen and oxygen atoms in total. The van der Waals surface area contributed by atoms with Gasteiger partial charge in [-0.25, -0.2) is 0 Å². The first-order valence-electron chi connectivity index (χ1n) is 5.40. The van der Waals surface area contributed by atoms with Crippen molar-refractivity contribution in [2.45, 2.75) is 0 Å². The fraction of sp³-hybridized carbons (Fsp3) is 0.0769. The molecule has 0 fully saturated rings. The monoisotopic (exact) mass is 352 g/mol. The Morgan fingerprint density at radius 3 is 2.39 bits per heavy atom. The van der Waals surface area contributed by atoms with Crippen molar-refractivity contribution in [3.63, 3.8) is 0 Å². The van der Waals surface area contributed by atoms with Crippen molar-refractivity contribution in [2.24, 2.45) is 7.05 Å². The Kier molecular flexibility index (Phi) is 2.51. The maximum atomic E-state index is 10.9. The summed E-state index contributed by atoms with van der Waals surface area (Å²) in [6.45, 7) is 0. The molecular weight excluding hydrogens is 343 g/mol. The zero-order valence-electron chi connectivity index (χ0n) is 9.55. The number of aromatic nitrogens is 1. The van der Waals surface area contributed by atoms with Crippen LogP contribution in [0.4, 0.5) is 5.69 Å². The van der Waals surface area contributed by atoms with Gasteiger partial charge in [0, 0.05) is 44.6 Å². The number of fused-ring (bicyclic) bond motifs is 3. The number of benzene rings is 2. The molecule has 3 aromatic rings. The van der Waals surface area contributed by atoms with Crippen LogP contribution in [0.1, 0.15) is 0 Å². The maximum absolute atomic E-state index is 10.9. The standard InChI is InChI=1S/C13H9IN2O2/c1-15-12-4-2-8(14)6-10(12)11-7-9(16(17)18)3-5-13(11)15/h2-7H,1H3. The fourth-order valence-corrected chi connectivity index (χ4v) is 2.78. The van der Waals surface area contributed by atoms with E-state index in [2.05, 4.69) is 33.2 Å². The lowest BCUT2D eigenvalue weighted by Crippen LogP contribution is -1.88. The minimum Gasteiger partial charge on any atom is -0.344 e. The van der Waals surface area contributed by atoms with E-state index in [4.69, 9.17) is 0 Å². The van der Waals surface area contributed by atoms with Gasteiger partial charge in [-0.3, -0.25) is 10.1 Å². The summed E-state index contributed by atoms with van der Waals surface area (Å²) in [6.07, 6.45) is 0. The van der Waals surface area contributed by atoms with Crippen molar-refractivity contribution >= 4 is 50.1 Å². The van der Waals surface area contributed by atoms with Crippen LogP contribution in [0.5, 0.6) is 0 Å². The number of hydrogen-bond donors (Lipinski definition) is 0. The topological polar surface area (TPSA) is 48.1 Å². The Hall–Kier alpha value is -1.63. The van der Waals surface area contributed by atoms with Gasteiger partial charge in [-0.1, -0.05) is 0 Å². The quantitative estimate of drug-likeness (QED) is 0.380. The molecule has 0 spiro atoms. The second kappa shape index (κ2) is 3.94. The number of halogens is 1.